The molecule has 0 saturated carbocycles. The fourth-order valence-electron chi connectivity index (χ4n) is 2.19. The number of halogens is 1. The molecular weight excluding hydrogens is 249 g/mol. The number of amides is 1. The van der Waals surface area contributed by atoms with Gasteiger partial charge in [0.1, 0.15) is 5.82 Å². The Morgan fingerprint density at radius 2 is 1.74 bits per heavy atom. The Bertz CT molecular complexity index is 490. The number of benzene rings is 1. The minimum Gasteiger partial charge on any atom is -0.481 e. The summed E-state index contributed by atoms with van der Waals surface area (Å²) in [7, 11) is 0. The molecule has 0 aromatic heterocycles. The lowest BCUT2D eigenvalue weighted by molar-refractivity contribution is -0.150. The highest BCUT2D eigenvalue weighted by Gasteiger charge is 2.38. The number of carboxylic acids is 1. The van der Waals surface area contributed by atoms with Crippen LogP contribution in [-0.2, 0) is 4.79 Å². The van der Waals surface area contributed by atoms with E-state index in [0.29, 0.717) is 31.5 Å². The van der Waals surface area contributed by atoms with Gasteiger partial charge in [-0.3, -0.25) is 9.59 Å². The molecule has 1 aliphatic rings. The van der Waals surface area contributed by atoms with Gasteiger partial charge in [0.25, 0.3) is 5.91 Å². The first-order chi connectivity index (χ1) is 8.92. The van der Waals surface area contributed by atoms with Crippen LogP contribution < -0.4 is 0 Å². The molecule has 1 aromatic rings. The van der Waals surface area contributed by atoms with E-state index in [1.54, 1.807) is 11.8 Å². The van der Waals surface area contributed by atoms with Crippen molar-refractivity contribution in [1.82, 2.24) is 4.90 Å². The molecule has 19 heavy (non-hydrogen) atoms. The zero-order chi connectivity index (χ0) is 14.0. The van der Waals surface area contributed by atoms with Gasteiger partial charge in [-0.2, -0.15) is 0 Å². The van der Waals surface area contributed by atoms with Gasteiger partial charge in [-0.25, -0.2) is 4.39 Å². The number of carboxylic acid groups (broad SMARTS) is 1. The number of likely N-dealkylation sites (tertiary alicyclic amines) is 1. The molecule has 1 N–H and O–H groups in total. The summed E-state index contributed by atoms with van der Waals surface area (Å²) in [6.07, 6.45) is 0.880. The summed E-state index contributed by atoms with van der Waals surface area (Å²) >= 11 is 0. The second-order valence-corrected chi connectivity index (χ2v) is 5.16. The number of hydrogen-bond donors (Lipinski definition) is 1. The maximum atomic E-state index is 12.8. The molecule has 1 fully saturated rings. The van der Waals surface area contributed by atoms with Crippen molar-refractivity contribution in [2.75, 3.05) is 13.1 Å². The molecule has 1 aromatic carbocycles. The predicted molar refractivity (Wildman–Crippen MR) is 67.3 cm³/mol. The maximum Gasteiger partial charge on any atom is 0.309 e. The Labute approximate surface area is 110 Å². The molecule has 0 bridgehead atoms. The van der Waals surface area contributed by atoms with Crippen LogP contribution in [0.3, 0.4) is 0 Å². The fraction of sp³-hybridized carbons (Fsp3) is 0.429. The molecule has 0 unspecified atom stereocenters. The molecule has 0 spiro atoms. The molecular formula is C14H16FNO3. The van der Waals surface area contributed by atoms with Crippen molar-refractivity contribution >= 4 is 11.9 Å². The zero-order valence-corrected chi connectivity index (χ0v) is 10.7. The Morgan fingerprint density at radius 3 is 2.21 bits per heavy atom. The van der Waals surface area contributed by atoms with E-state index in [-0.39, 0.29) is 11.7 Å². The van der Waals surface area contributed by atoms with Crippen molar-refractivity contribution in [2.45, 2.75) is 19.8 Å². The molecule has 5 heteroatoms. The van der Waals surface area contributed by atoms with Gasteiger partial charge in [0, 0.05) is 18.7 Å². The molecule has 102 valence electrons. The highest BCUT2D eigenvalue weighted by atomic mass is 19.1. The summed E-state index contributed by atoms with van der Waals surface area (Å²) in [5.41, 5.74) is -0.320. The van der Waals surface area contributed by atoms with E-state index in [4.69, 9.17) is 5.11 Å². The molecule has 1 aliphatic heterocycles. The van der Waals surface area contributed by atoms with Crippen molar-refractivity contribution < 1.29 is 19.1 Å². The average molecular weight is 265 g/mol. The van der Waals surface area contributed by atoms with Crippen LogP contribution in [0.2, 0.25) is 0 Å². The normalized spacial score (nSPS) is 18.1. The smallest absolute Gasteiger partial charge is 0.309 e. The number of nitrogens with zero attached hydrogens (tertiary/aromatic N) is 1. The Morgan fingerprint density at radius 1 is 1.21 bits per heavy atom. The monoisotopic (exact) mass is 265 g/mol. The van der Waals surface area contributed by atoms with Crippen LogP contribution in [0.15, 0.2) is 24.3 Å². The van der Waals surface area contributed by atoms with Gasteiger partial charge in [0.15, 0.2) is 0 Å². The highest BCUT2D eigenvalue weighted by Crippen LogP contribution is 2.31. The number of carbonyl (C=O) groups excluding carboxylic acids is 1. The summed E-state index contributed by atoms with van der Waals surface area (Å²) in [4.78, 5) is 24.9. The number of rotatable bonds is 2. The van der Waals surface area contributed by atoms with E-state index in [1.165, 1.54) is 24.3 Å². The molecule has 1 saturated heterocycles. The van der Waals surface area contributed by atoms with Crippen LogP contribution >= 0.6 is 0 Å². The summed E-state index contributed by atoms with van der Waals surface area (Å²) in [5.74, 6) is -1.37. The van der Waals surface area contributed by atoms with Crippen molar-refractivity contribution in [3.8, 4) is 0 Å². The quantitative estimate of drug-likeness (QED) is 0.891. The first kappa shape index (κ1) is 13.5. The molecule has 1 amide bonds. The minimum atomic E-state index is -0.818. The summed E-state index contributed by atoms with van der Waals surface area (Å²) in [6.45, 7) is 2.53. The van der Waals surface area contributed by atoms with Gasteiger partial charge in [-0.15, -0.1) is 0 Å². The second kappa shape index (κ2) is 4.99. The van der Waals surface area contributed by atoms with Crippen molar-refractivity contribution in [3.63, 3.8) is 0 Å². The predicted octanol–water partition coefficient (Wildman–Crippen LogP) is 2.15. The SMILES string of the molecule is CC1(C(=O)O)CCN(C(=O)c2ccc(F)cc2)CC1. The summed E-state index contributed by atoms with van der Waals surface area (Å²) in [6, 6.07) is 5.39. The van der Waals surface area contributed by atoms with Crippen LogP contribution in [0.4, 0.5) is 4.39 Å². The number of hydrogen-bond acceptors (Lipinski definition) is 2. The third-order valence-corrected chi connectivity index (χ3v) is 3.76. The van der Waals surface area contributed by atoms with Crippen molar-refractivity contribution in [3.05, 3.63) is 35.6 Å². The number of piperidine rings is 1. The van der Waals surface area contributed by atoms with E-state index in [2.05, 4.69) is 0 Å². The van der Waals surface area contributed by atoms with Gasteiger partial charge in [0.05, 0.1) is 5.41 Å². The van der Waals surface area contributed by atoms with Crippen molar-refractivity contribution in [1.29, 1.82) is 0 Å². The Kier molecular flexibility index (Phi) is 3.55. The fourth-order valence-corrected chi connectivity index (χ4v) is 2.19. The molecule has 1 heterocycles. The largest absolute Gasteiger partial charge is 0.481 e. The van der Waals surface area contributed by atoms with Crippen LogP contribution in [0, 0.1) is 11.2 Å². The van der Waals surface area contributed by atoms with Crippen LogP contribution in [0.25, 0.3) is 0 Å². The third-order valence-electron chi connectivity index (χ3n) is 3.76. The first-order valence-electron chi connectivity index (χ1n) is 6.21. The average Bonchev–Trinajstić information content (AvgIpc) is 2.39. The van der Waals surface area contributed by atoms with Gasteiger partial charge >= 0.3 is 5.97 Å². The number of aliphatic carboxylic acids is 1. The highest BCUT2D eigenvalue weighted by molar-refractivity contribution is 5.94. The molecule has 0 radical (unpaired) electrons. The zero-order valence-electron chi connectivity index (χ0n) is 10.7. The standard InChI is InChI=1S/C14H16FNO3/c1-14(13(18)19)6-8-16(9-7-14)12(17)10-2-4-11(15)5-3-10/h2-5H,6-9H2,1H3,(H,18,19). The summed E-state index contributed by atoms with van der Waals surface area (Å²) < 4.78 is 12.8. The van der Waals surface area contributed by atoms with Crippen LogP contribution in [0.5, 0.6) is 0 Å². The van der Waals surface area contributed by atoms with Crippen molar-refractivity contribution in [2.24, 2.45) is 5.41 Å². The summed E-state index contributed by atoms with van der Waals surface area (Å²) in [5, 5.41) is 9.12. The lowest BCUT2D eigenvalue weighted by Crippen LogP contribution is -2.45. The lowest BCUT2D eigenvalue weighted by Gasteiger charge is -2.36. The van der Waals surface area contributed by atoms with E-state index >= 15 is 0 Å². The van der Waals surface area contributed by atoms with E-state index in [9.17, 15) is 14.0 Å². The topological polar surface area (TPSA) is 57.6 Å². The maximum absolute atomic E-state index is 12.8. The van der Waals surface area contributed by atoms with E-state index in [1.807, 2.05) is 0 Å². The van der Waals surface area contributed by atoms with Gasteiger partial charge in [0.2, 0.25) is 0 Å². The van der Waals surface area contributed by atoms with E-state index in [0.717, 1.165) is 0 Å². The molecule has 0 atom stereocenters. The number of carbonyl (C=O) groups is 2. The Hall–Kier alpha value is -1.91. The van der Waals surface area contributed by atoms with E-state index < -0.39 is 11.4 Å². The van der Waals surface area contributed by atoms with Gasteiger partial charge in [-0.1, -0.05) is 0 Å². The third kappa shape index (κ3) is 2.75. The van der Waals surface area contributed by atoms with Gasteiger partial charge in [-0.05, 0) is 44.0 Å². The molecule has 2 rings (SSSR count). The molecule has 4 nitrogen and oxygen atoms in total. The van der Waals surface area contributed by atoms with Crippen LogP contribution in [-0.4, -0.2) is 35.0 Å². The van der Waals surface area contributed by atoms with Crippen LogP contribution in [0.1, 0.15) is 30.1 Å². The lowest BCUT2D eigenvalue weighted by atomic mass is 9.80. The minimum absolute atomic E-state index is 0.174. The first-order valence-corrected chi connectivity index (χ1v) is 6.21. The Balaban J connectivity index is 2.04. The van der Waals surface area contributed by atoms with Gasteiger partial charge < -0.3 is 10.0 Å². The molecule has 0 aliphatic carbocycles. The second-order valence-electron chi connectivity index (χ2n) is 5.16.